The highest BCUT2D eigenvalue weighted by Gasteiger charge is 2.52. The van der Waals surface area contributed by atoms with Crippen LogP contribution in [0.5, 0.6) is 0 Å². The first kappa shape index (κ1) is 27.8. The maximum absolute atomic E-state index is 13.5. The van der Waals surface area contributed by atoms with Crippen molar-refractivity contribution in [1.29, 1.82) is 0 Å². The average Bonchev–Trinajstić information content (AvgIpc) is 3.77. The monoisotopic (exact) mass is 532 g/mol. The van der Waals surface area contributed by atoms with E-state index in [0.717, 1.165) is 16.7 Å². The first-order valence-electron chi connectivity index (χ1n) is 12.8. The number of amides is 2. The number of hydrogen-bond acceptors (Lipinski definition) is 6. The average molecular weight is 533 g/mol. The van der Waals surface area contributed by atoms with E-state index >= 15 is 0 Å². The molecule has 0 spiro atoms. The van der Waals surface area contributed by atoms with Crippen molar-refractivity contribution in [2.75, 3.05) is 0 Å². The highest BCUT2D eigenvalue weighted by Crippen LogP contribution is 2.28. The van der Waals surface area contributed by atoms with Gasteiger partial charge in [0.25, 0.3) is 0 Å². The van der Waals surface area contributed by atoms with Gasteiger partial charge >= 0.3 is 12.1 Å². The first-order valence-corrected chi connectivity index (χ1v) is 12.8. The molecule has 1 heterocycles. The Bertz CT molecular complexity index is 1220. The van der Waals surface area contributed by atoms with Gasteiger partial charge in [-0.2, -0.15) is 0 Å². The summed E-state index contributed by atoms with van der Waals surface area (Å²) in [6.07, 6.45) is -3.01. The number of alkyl carbamates (subject to hydrolysis) is 1. The molecule has 1 aliphatic rings. The van der Waals surface area contributed by atoms with Gasteiger partial charge in [-0.25, -0.2) is 9.59 Å². The van der Waals surface area contributed by atoms with Crippen LogP contribution in [0.1, 0.15) is 23.1 Å². The number of aliphatic carboxylic acids is 1. The quantitative estimate of drug-likeness (QED) is 0.248. The van der Waals surface area contributed by atoms with Crippen molar-refractivity contribution in [3.05, 3.63) is 108 Å². The van der Waals surface area contributed by atoms with E-state index in [2.05, 4.69) is 10.6 Å². The van der Waals surface area contributed by atoms with Crippen molar-refractivity contribution in [3.63, 3.8) is 0 Å². The second-order valence-electron chi connectivity index (χ2n) is 9.44. The smallest absolute Gasteiger partial charge is 0.408 e. The number of carbonyl (C=O) groups is 3. The van der Waals surface area contributed by atoms with Gasteiger partial charge in [-0.1, -0.05) is 91.0 Å². The number of carboxylic acids is 1. The lowest BCUT2D eigenvalue weighted by Gasteiger charge is -2.26. The Morgan fingerprint density at radius 2 is 1.38 bits per heavy atom. The van der Waals surface area contributed by atoms with Crippen LogP contribution in [0.25, 0.3) is 0 Å². The maximum Gasteiger partial charge on any atom is 0.408 e. The van der Waals surface area contributed by atoms with Gasteiger partial charge in [0.1, 0.15) is 24.9 Å². The Hall–Kier alpha value is -4.21. The van der Waals surface area contributed by atoms with Crippen LogP contribution in [-0.4, -0.2) is 58.6 Å². The Balaban J connectivity index is 1.45. The Labute approximate surface area is 226 Å². The molecule has 0 radical (unpaired) electrons. The van der Waals surface area contributed by atoms with Crippen molar-refractivity contribution in [3.8, 4) is 0 Å². The van der Waals surface area contributed by atoms with Crippen LogP contribution in [-0.2, 0) is 38.5 Å². The minimum atomic E-state index is -1.25. The summed E-state index contributed by atoms with van der Waals surface area (Å²) in [5.74, 6) is -1.70. The number of epoxide rings is 1. The first-order chi connectivity index (χ1) is 18.9. The molecule has 3 aromatic rings. The number of rotatable bonds is 13. The molecule has 1 saturated heterocycles. The summed E-state index contributed by atoms with van der Waals surface area (Å²) >= 11 is 0. The summed E-state index contributed by atoms with van der Waals surface area (Å²) in [6.45, 7) is 0.0420. The summed E-state index contributed by atoms with van der Waals surface area (Å²) in [4.78, 5) is 37.4. The second kappa shape index (κ2) is 13.5. The van der Waals surface area contributed by atoms with Gasteiger partial charge in [-0.15, -0.1) is 0 Å². The van der Waals surface area contributed by atoms with Gasteiger partial charge in [-0.3, -0.25) is 4.79 Å². The van der Waals surface area contributed by atoms with Crippen molar-refractivity contribution in [2.45, 2.75) is 56.3 Å². The second-order valence-corrected chi connectivity index (χ2v) is 9.44. The minimum absolute atomic E-state index is 0.0420. The van der Waals surface area contributed by atoms with Crippen molar-refractivity contribution in [1.82, 2.24) is 10.6 Å². The summed E-state index contributed by atoms with van der Waals surface area (Å²) < 4.78 is 10.5. The number of aliphatic hydroxyl groups is 1. The molecule has 3 aromatic carbocycles. The number of carbonyl (C=O) groups excluding carboxylic acids is 2. The molecule has 0 aliphatic carbocycles. The van der Waals surface area contributed by atoms with Crippen LogP contribution in [0.4, 0.5) is 4.79 Å². The van der Waals surface area contributed by atoms with E-state index in [0.29, 0.717) is 12.8 Å². The van der Waals surface area contributed by atoms with Gasteiger partial charge in [0.15, 0.2) is 6.10 Å². The zero-order chi connectivity index (χ0) is 27.6. The highest BCUT2D eigenvalue weighted by atomic mass is 16.6. The van der Waals surface area contributed by atoms with E-state index in [9.17, 15) is 24.6 Å². The van der Waals surface area contributed by atoms with E-state index in [-0.39, 0.29) is 13.0 Å². The molecule has 2 amide bonds. The number of ether oxygens (including phenoxy) is 2. The molecule has 0 bridgehead atoms. The fraction of sp³-hybridized carbons (Fsp3) is 0.300. The molecule has 204 valence electrons. The van der Waals surface area contributed by atoms with E-state index < -0.39 is 48.4 Å². The fourth-order valence-corrected chi connectivity index (χ4v) is 4.36. The third-order valence-corrected chi connectivity index (χ3v) is 6.54. The molecule has 4 N–H and O–H groups in total. The fourth-order valence-electron chi connectivity index (χ4n) is 4.36. The lowest BCUT2D eigenvalue weighted by atomic mass is 9.97. The maximum atomic E-state index is 13.5. The van der Waals surface area contributed by atoms with Gasteiger partial charge < -0.3 is 30.3 Å². The molecule has 0 aromatic heterocycles. The van der Waals surface area contributed by atoms with E-state index in [4.69, 9.17) is 9.47 Å². The minimum Gasteiger partial charge on any atom is -0.479 e. The number of benzene rings is 3. The van der Waals surface area contributed by atoms with Gasteiger partial charge in [0.2, 0.25) is 5.91 Å². The number of carboxylic acid groups (broad SMARTS) is 1. The third-order valence-electron chi connectivity index (χ3n) is 6.54. The Morgan fingerprint density at radius 1 is 0.821 bits per heavy atom. The lowest BCUT2D eigenvalue weighted by molar-refractivity contribution is -0.138. The van der Waals surface area contributed by atoms with Crippen molar-refractivity contribution < 1.29 is 34.1 Å². The molecule has 5 atom stereocenters. The number of aryl methyl sites for hydroxylation is 1. The highest BCUT2D eigenvalue weighted by molar-refractivity contribution is 5.86. The normalized spacial score (nSPS) is 18.3. The topological polar surface area (TPSA) is 137 Å². The number of nitrogens with one attached hydrogen (secondary N) is 2. The standard InChI is InChI=1S/C30H32N2O7/c33-25(26-27(39-26)29(35)36)23(17-16-20-10-4-1-5-11-20)31-28(34)24(18-21-12-6-2-7-13-21)32-30(37)38-19-22-14-8-3-9-15-22/h1-15,23-27,33H,16-19H2,(H,31,34)(H,32,37)(H,35,36)/t23-,24-,25-,26+,27-/m0/s1. The Kier molecular flexibility index (Phi) is 9.66. The van der Waals surface area contributed by atoms with E-state index in [1.807, 2.05) is 91.0 Å². The number of hydrogen-bond donors (Lipinski definition) is 4. The third kappa shape index (κ3) is 8.39. The summed E-state index contributed by atoms with van der Waals surface area (Å²) in [5, 5.41) is 25.7. The molecule has 39 heavy (non-hydrogen) atoms. The van der Waals surface area contributed by atoms with Crippen LogP contribution in [0, 0.1) is 0 Å². The molecule has 9 heteroatoms. The van der Waals surface area contributed by atoms with Crippen molar-refractivity contribution >= 4 is 18.0 Å². The molecule has 1 aliphatic heterocycles. The van der Waals surface area contributed by atoms with Crippen molar-refractivity contribution in [2.24, 2.45) is 0 Å². The lowest BCUT2D eigenvalue weighted by Crippen LogP contribution is -2.54. The molecule has 9 nitrogen and oxygen atoms in total. The van der Waals surface area contributed by atoms with Crippen LogP contribution in [0.2, 0.25) is 0 Å². The molecule has 0 saturated carbocycles. The Morgan fingerprint density at radius 3 is 1.95 bits per heavy atom. The SMILES string of the molecule is O=C(N[C@@H](Cc1ccccc1)C(=O)N[C@@H](CCc1ccccc1)[C@H](O)[C@H]1O[C@@H]1C(=O)O)OCc1ccccc1. The summed E-state index contributed by atoms with van der Waals surface area (Å²) in [5.41, 5.74) is 2.62. The van der Waals surface area contributed by atoms with Gasteiger partial charge in [-0.05, 0) is 29.5 Å². The summed E-state index contributed by atoms with van der Waals surface area (Å²) in [6, 6.07) is 26.1. The molecular formula is C30H32N2O7. The summed E-state index contributed by atoms with van der Waals surface area (Å²) in [7, 11) is 0. The van der Waals surface area contributed by atoms with Gasteiger partial charge in [0.05, 0.1) is 6.04 Å². The molecule has 1 fully saturated rings. The zero-order valence-electron chi connectivity index (χ0n) is 21.3. The van der Waals surface area contributed by atoms with Crippen LogP contribution in [0.15, 0.2) is 91.0 Å². The molecule has 0 unspecified atom stereocenters. The largest absolute Gasteiger partial charge is 0.479 e. The van der Waals surface area contributed by atoms with E-state index in [1.165, 1.54) is 0 Å². The van der Waals surface area contributed by atoms with Crippen LogP contribution < -0.4 is 10.6 Å². The van der Waals surface area contributed by atoms with Crippen LogP contribution >= 0.6 is 0 Å². The van der Waals surface area contributed by atoms with E-state index in [1.54, 1.807) is 0 Å². The zero-order valence-corrected chi connectivity index (χ0v) is 21.3. The predicted molar refractivity (Wildman–Crippen MR) is 143 cm³/mol. The molecule has 4 rings (SSSR count). The number of aliphatic hydroxyl groups excluding tert-OH is 1. The molecular weight excluding hydrogens is 500 g/mol. The predicted octanol–water partition coefficient (Wildman–Crippen LogP) is 2.85. The van der Waals surface area contributed by atoms with Crippen LogP contribution in [0.3, 0.4) is 0 Å². The van der Waals surface area contributed by atoms with Gasteiger partial charge in [0, 0.05) is 6.42 Å².